The van der Waals surface area contributed by atoms with Crippen molar-refractivity contribution in [1.82, 2.24) is 10.3 Å². The van der Waals surface area contributed by atoms with Crippen LogP contribution in [0.15, 0.2) is 12.3 Å². The van der Waals surface area contributed by atoms with Gasteiger partial charge in [0.05, 0.1) is 5.02 Å². The highest BCUT2D eigenvalue weighted by Crippen LogP contribution is 2.37. The molecule has 0 amide bonds. The van der Waals surface area contributed by atoms with E-state index in [1.807, 2.05) is 17.8 Å². The molecule has 2 atom stereocenters. The predicted octanol–water partition coefficient (Wildman–Crippen LogP) is 3.25. The quantitative estimate of drug-likeness (QED) is 0.872. The highest BCUT2D eigenvalue weighted by atomic mass is 35.5. The van der Waals surface area contributed by atoms with Crippen LogP contribution in [0.1, 0.15) is 37.8 Å². The van der Waals surface area contributed by atoms with Crippen LogP contribution in [0.4, 0.5) is 5.82 Å². The van der Waals surface area contributed by atoms with E-state index in [0.29, 0.717) is 16.1 Å². The van der Waals surface area contributed by atoms with Gasteiger partial charge in [-0.1, -0.05) is 18.5 Å². The van der Waals surface area contributed by atoms with Gasteiger partial charge in [0.25, 0.3) is 0 Å². The largest absolute Gasteiger partial charge is 0.383 e. The first kappa shape index (κ1) is 14.0. The standard InChI is InChI=1S/C13H20ClN3S/c1-2-5-16-12(11-4-3-6-18-11)10-7-9(14)8-17-13(10)15/h7-8,11-12,16H,2-6H2,1H3,(H2,15,17). The van der Waals surface area contributed by atoms with E-state index in [1.165, 1.54) is 18.6 Å². The van der Waals surface area contributed by atoms with E-state index in [4.69, 9.17) is 17.3 Å². The Morgan fingerprint density at radius 3 is 3.17 bits per heavy atom. The molecule has 1 aliphatic heterocycles. The molecule has 0 saturated carbocycles. The third-order valence-corrected chi connectivity index (χ3v) is 4.87. The van der Waals surface area contributed by atoms with Crippen LogP contribution in [0.25, 0.3) is 0 Å². The summed E-state index contributed by atoms with van der Waals surface area (Å²) in [5.74, 6) is 1.84. The van der Waals surface area contributed by atoms with Crippen molar-refractivity contribution in [3.05, 3.63) is 22.8 Å². The van der Waals surface area contributed by atoms with Gasteiger partial charge in [0, 0.05) is 23.1 Å². The molecule has 1 aromatic heterocycles. The number of nitrogens with one attached hydrogen (secondary N) is 1. The van der Waals surface area contributed by atoms with E-state index >= 15 is 0 Å². The molecule has 18 heavy (non-hydrogen) atoms. The lowest BCUT2D eigenvalue weighted by molar-refractivity contribution is 0.503. The minimum absolute atomic E-state index is 0.267. The molecule has 1 fully saturated rings. The number of anilines is 1. The topological polar surface area (TPSA) is 50.9 Å². The number of nitrogen functional groups attached to an aromatic ring is 1. The number of rotatable bonds is 5. The molecule has 0 spiro atoms. The van der Waals surface area contributed by atoms with Gasteiger partial charge in [-0.15, -0.1) is 0 Å². The Kier molecular flexibility index (Phi) is 5.15. The molecule has 0 aliphatic carbocycles. The monoisotopic (exact) mass is 285 g/mol. The Hall–Kier alpha value is -0.450. The molecule has 2 unspecified atom stereocenters. The lowest BCUT2D eigenvalue weighted by Gasteiger charge is -2.25. The average Bonchev–Trinajstić information content (AvgIpc) is 2.88. The Labute approximate surface area is 118 Å². The average molecular weight is 286 g/mol. The number of nitrogens with zero attached hydrogens (tertiary/aromatic N) is 1. The van der Waals surface area contributed by atoms with Crippen molar-refractivity contribution in [2.75, 3.05) is 18.0 Å². The van der Waals surface area contributed by atoms with Crippen molar-refractivity contribution in [2.24, 2.45) is 0 Å². The molecule has 3 N–H and O–H groups in total. The van der Waals surface area contributed by atoms with Gasteiger partial charge in [-0.25, -0.2) is 4.98 Å². The maximum atomic E-state index is 6.05. The Morgan fingerprint density at radius 2 is 2.50 bits per heavy atom. The highest BCUT2D eigenvalue weighted by Gasteiger charge is 2.28. The molecule has 0 bridgehead atoms. The lowest BCUT2D eigenvalue weighted by atomic mass is 10.0. The normalized spacial score (nSPS) is 21.1. The van der Waals surface area contributed by atoms with Crippen LogP contribution in [0.2, 0.25) is 5.02 Å². The molecule has 1 aliphatic rings. The number of pyridine rings is 1. The summed E-state index contributed by atoms with van der Waals surface area (Å²) in [6, 6.07) is 2.22. The van der Waals surface area contributed by atoms with E-state index in [1.54, 1.807) is 6.20 Å². The summed E-state index contributed by atoms with van der Waals surface area (Å²) in [4.78, 5) is 4.18. The van der Waals surface area contributed by atoms with Crippen molar-refractivity contribution < 1.29 is 0 Å². The first-order valence-electron chi connectivity index (χ1n) is 6.48. The number of aromatic nitrogens is 1. The number of hydrogen-bond acceptors (Lipinski definition) is 4. The van der Waals surface area contributed by atoms with Gasteiger partial charge < -0.3 is 11.1 Å². The Balaban J connectivity index is 2.23. The fourth-order valence-electron chi connectivity index (χ4n) is 2.32. The van der Waals surface area contributed by atoms with Gasteiger partial charge in [-0.05, 0) is 37.6 Å². The summed E-state index contributed by atoms with van der Waals surface area (Å²) in [7, 11) is 0. The van der Waals surface area contributed by atoms with Gasteiger partial charge in [-0.2, -0.15) is 11.8 Å². The maximum absolute atomic E-state index is 6.05. The summed E-state index contributed by atoms with van der Waals surface area (Å²) >= 11 is 8.07. The van der Waals surface area contributed by atoms with Gasteiger partial charge in [-0.3, -0.25) is 0 Å². The van der Waals surface area contributed by atoms with Crippen LogP contribution in [-0.4, -0.2) is 22.5 Å². The number of hydrogen-bond donors (Lipinski definition) is 2. The summed E-state index contributed by atoms with van der Waals surface area (Å²) in [6.45, 7) is 3.17. The fraction of sp³-hybridized carbons (Fsp3) is 0.615. The molecule has 0 radical (unpaired) electrons. The van der Waals surface area contributed by atoms with Crippen LogP contribution in [0, 0.1) is 0 Å². The van der Waals surface area contributed by atoms with E-state index in [2.05, 4.69) is 17.2 Å². The van der Waals surface area contributed by atoms with Crippen molar-refractivity contribution in [1.29, 1.82) is 0 Å². The number of nitrogens with two attached hydrogens (primary N) is 1. The number of halogens is 1. The van der Waals surface area contributed by atoms with E-state index in [0.717, 1.165) is 18.5 Å². The third-order valence-electron chi connectivity index (χ3n) is 3.20. The molecule has 1 saturated heterocycles. The van der Waals surface area contributed by atoms with Crippen LogP contribution in [-0.2, 0) is 0 Å². The van der Waals surface area contributed by atoms with Crippen LogP contribution in [0.5, 0.6) is 0 Å². The third kappa shape index (κ3) is 3.31. The zero-order chi connectivity index (χ0) is 13.0. The van der Waals surface area contributed by atoms with Crippen LogP contribution >= 0.6 is 23.4 Å². The second-order valence-electron chi connectivity index (χ2n) is 4.61. The van der Waals surface area contributed by atoms with Crippen molar-refractivity contribution in [3.63, 3.8) is 0 Å². The van der Waals surface area contributed by atoms with Crippen LogP contribution < -0.4 is 11.1 Å². The van der Waals surface area contributed by atoms with Gasteiger partial charge in [0.2, 0.25) is 0 Å². The molecule has 2 rings (SSSR count). The summed E-state index contributed by atoms with van der Waals surface area (Å²) < 4.78 is 0. The first-order valence-corrected chi connectivity index (χ1v) is 7.91. The minimum Gasteiger partial charge on any atom is -0.383 e. The van der Waals surface area contributed by atoms with E-state index < -0.39 is 0 Å². The predicted molar refractivity (Wildman–Crippen MR) is 80.2 cm³/mol. The number of thioether (sulfide) groups is 1. The molecule has 1 aromatic rings. The first-order chi connectivity index (χ1) is 8.72. The molecular weight excluding hydrogens is 266 g/mol. The second kappa shape index (κ2) is 6.64. The Bertz CT molecular complexity index is 394. The molecule has 0 aromatic carbocycles. The SMILES string of the molecule is CCCNC(c1cc(Cl)cnc1N)C1CCCS1. The smallest absolute Gasteiger partial charge is 0.128 e. The molecule has 3 nitrogen and oxygen atoms in total. The molecular formula is C13H20ClN3S. The maximum Gasteiger partial charge on any atom is 0.128 e. The summed E-state index contributed by atoms with van der Waals surface area (Å²) in [5.41, 5.74) is 7.06. The zero-order valence-electron chi connectivity index (χ0n) is 10.7. The van der Waals surface area contributed by atoms with Gasteiger partial charge in [0.1, 0.15) is 5.82 Å². The Morgan fingerprint density at radius 1 is 1.67 bits per heavy atom. The molecule has 5 heteroatoms. The highest BCUT2D eigenvalue weighted by molar-refractivity contribution is 8.00. The van der Waals surface area contributed by atoms with Crippen molar-refractivity contribution in [2.45, 2.75) is 37.5 Å². The molecule has 2 heterocycles. The summed E-state index contributed by atoms with van der Waals surface area (Å²) in [5, 5.41) is 4.84. The lowest BCUT2D eigenvalue weighted by Crippen LogP contribution is -2.30. The fourth-order valence-corrected chi connectivity index (χ4v) is 3.89. The zero-order valence-corrected chi connectivity index (χ0v) is 12.2. The second-order valence-corrected chi connectivity index (χ2v) is 6.39. The van der Waals surface area contributed by atoms with E-state index in [-0.39, 0.29) is 6.04 Å². The van der Waals surface area contributed by atoms with Gasteiger partial charge >= 0.3 is 0 Å². The summed E-state index contributed by atoms with van der Waals surface area (Å²) in [6.07, 6.45) is 5.24. The van der Waals surface area contributed by atoms with Crippen LogP contribution in [0.3, 0.4) is 0 Å². The van der Waals surface area contributed by atoms with Crippen molar-refractivity contribution >= 4 is 29.2 Å². The minimum atomic E-state index is 0.267. The van der Waals surface area contributed by atoms with E-state index in [9.17, 15) is 0 Å². The molecule has 100 valence electrons. The van der Waals surface area contributed by atoms with Crippen molar-refractivity contribution in [3.8, 4) is 0 Å². The van der Waals surface area contributed by atoms with Gasteiger partial charge in [0.15, 0.2) is 0 Å².